The van der Waals surface area contributed by atoms with Gasteiger partial charge in [-0.25, -0.2) is 4.39 Å². The van der Waals surface area contributed by atoms with Crippen LogP contribution in [-0.4, -0.2) is 10.9 Å². The van der Waals surface area contributed by atoms with Gasteiger partial charge in [0.15, 0.2) is 0 Å². The molecule has 172 valence electrons. The number of para-hydroxylation sites is 1. The van der Waals surface area contributed by atoms with Crippen molar-refractivity contribution in [2.45, 2.75) is 6.92 Å². The number of anilines is 5. The third-order valence-corrected chi connectivity index (χ3v) is 5.51. The first-order valence-electron chi connectivity index (χ1n) is 11.2. The molecule has 0 unspecified atom stereocenters. The molecule has 1 amide bonds. The smallest absolute Gasteiger partial charge is 0.255 e. The van der Waals surface area contributed by atoms with Gasteiger partial charge in [0.2, 0.25) is 0 Å². The van der Waals surface area contributed by atoms with Gasteiger partial charge in [0.1, 0.15) is 5.82 Å². The predicted octanol–water partition coefficient (Wildman–Crippen LogP) is 7.42. The molecule has 0 aliphatic rings. The van der Waals surface area contributed by atoms with Crippen molar-refractivity contribution in [2.24, 2.45) is 0 Å². The molecular weight excluding hydrogens is 439 g/mol. The van der Waals surface area contributed by atoms with Crippen molar-refractivity contribution >= 4 is 45.2 Å². The van der Waals surface area contributed by atoms with Gasteiger partial charge in [0, 0.05) is 45.6 Å². The zero-order valence-electron chi connectivity index (χ0n) is 19.0. The van der Waals surface area contributed by atoms with Crippen molar-refractivity contribution < 1.29 is 9.18 Å². The van der Waals surface area contributed by atoms with Gasteiger partial charge < -0.3 is 16.0 Å². The molecule has 3 N–H and O–H groups in total. The SMILES string of the molecule is Cc1cc(Nc2ccnc3ccc(F)cc23)cc(C(=O)Nc2cccc(Nc3ccccc3)c2)c1. The molecule has 1 heterocycles. The molecule has 5 rings (SSSR count). The van der Waals surface area contributed by atoms with E-state index in [1.54, 1.807) is 24.4 Å². The third-order valence-electron chi connectivity index (χ3n) is 5.51. The Morgan fingerprint density at radius 1 is 0.743 bits per heavy atom. The lowest BCUT2D eigenvalue weighted by molar-refractivity contribution is 0.102. The number of hydrogen-bond acceptors (Lipinski definition) is 4. The van der Waals surface area contributed by atoms with Crippen LogP contribution in [0.5, 0.6) is 0 Å². The predicted molar refractivity (Wildman–Crippen MR) is 140 cm³/mol. The molecule has 35 heavy (non-hydrogen) atoms. The van der Waals surface area contributed by atoms with Gasteiger partial charge in [-0.05, 0) is 85.3 Å². The van der Waals surface area contributed by atoms with Crippen LogP contribution in [0.2, 0.25) is 0 Å². The Labute approximate surface area is 202 Å². The van der Waals surface area contributed by atoms with E-state index in [0.717, 1.165) is 22.6 Å². The van der Waals surface area contributed by atoms with E-state index in [-0.39, 0.29) is 11.7 Å². The van der Waals surface area contributed by atoms with Crippen LogP contribution >= 0.6 is 0 Å². The minimum Gasteiger partial charge on any atom is -0.355 e. The van der Waals surface area contributed by atoms with Crippen molar-refractivity contribution in [2.75, 3.05) is 16.0 Å². The van der Waals surface area contributed by atoms with Crippen molar-refractivity contribution in [1.82, 2.24) is 4.98 Å². The van der Waals surface area contributed by atoms with Gasteiger partial charge in [0.05, 0.1) is 5.52 Å². The Bertz CT molecular complexity index is 1520. The molecule has 0 bridgehead atoms. The summed E-state index contributed by atoms with van der Waals surface area (Å²) < 4.78 is 13.8. The van der Waals surface area contributed by atoms with Gasteiger partial charge in [-0.2, -0.15) is 0 Å². The maximum atomic E-state index is 13.8. The van der Waals surface area contributed by atoms with Crippen LogP contribution in [0.15, 0.2) is 103 Å². The van der Waals surface area contributed by atoms with E-state index in [1.807, 2.05) is 73.7 Å². The number of amides is 1. The summed E-state index contributed by atoms with van der Waals surface area (Å²) in [6.45, 7) is 1.93. The number of carbonyl (C=O) groups is 1. The Kier molecular flexibility index (Phi) is 6.09. The fourth-order valence-corrected chi connectivity index (χ4v) is 3.94. The number of nitrogens with zero attached hydrogens (tertiary/aromatic N) is 1. The molecule has 1 aromatic heterocycles. The zero-order chi connectivity index (χ0) is 24.2. The van der Waals surface area contributed by atoms with E-state index < -0.39 is 0 Å². The van der Waals surface area contributed by atoms with Gasteiger partial charge in [0.25, 0.3) is 5.91 Å². The largest absolute Gasteiger partial charge is 0.355 e. The summed E-state index contributed by atoms with van der Waals surface area (Å²) in [5, 5.41) is 10.3. The van der Waals surface area contributed by atoms with E-state index >= 15 is 0 Å². The summed E-state index contributed by atoms with van der Waals surface area (Å²) in [5.74, 6) is -0.555. The minimum atomic E-state index is -0.332. The normalized spacial score (nSPS) is 10.7. The summed E-state index contributed by atoms with van der Waals surface area (Å²) >= 11 is 0. The van der Waals surface area contributed by atoms with Crippen LogP contribution in [0.4, 0.5) is 32.8 Å². The van der Waals surface area contributed by atoms with E-state index in [2.05, 4.69) is 20.9 Å². The summed E-state index contributed by atoms with van der Waals surface area (Å²) in [6.07, 6.45) is 1.67. The molecule has 0 aliphatic carbocycles. The first-order valence-corrected chi connectivity index (χ1v) is 11.2. The van der Waals surface area contributed by atoms with Gasteiger partial charge in [-0.3, -0.25) is 9.78 Å². The lowest BCUT2D eigenvalue weighted by Crippen LogP contribution is -2.12. The van der Waals surface area contributed by atoms with Crippen LogP contribution in [0, 0.1) is 12.7 Å². The highest BCUT2D eigenvalue weighted by molar-refractivity contribution is 6.05. The summed E-state index contributed by atoms with van der Waals surface area (Å²) in [4.78, 5) is 17.4. The second-order valence-corrected chi connectivity index (χ2v) is 8.26. The number of rotatable bonds is 6. The fraction of sp³-hybridized carbons (Fsp3) is 0.0345. The maximum Gasteiger partial charge on any atom is 0.255 e. The molecule has 0 aliphatic heterocycles. The van der Waals surface area contributed by atoms with Gasteiger partial charge in [-0.1, -0.05) is 24.3 Å². The lowest BCUT2D eigenvalue weighted by Gasteiger charge is -2.13. The van der Waals surface area contributed by atoms with Crippen LogP contribution in [0.1, 0.15) is 15.9 Å². The quantitative estimate of drug-likeness (QED) is 0.246. The van der Waals surface area contributed by atoms with Crippen LogP contribution in [0.25, 0.3) is 10.9 Å². The molecule has 5 aromatic rings. The number of nitrogens with one attached hydrogen (secondary N) is 3. The van der Waals surface area contributed by atoms with E-state index in [4.69, 9.17) is 0 Å². The molecule has 0 spiro atoms. The average molecular weight is 463 g/mol. The van der Waals surface area contributed by atoms with E-state index in [1.165, 1.54) is 12.1 Å². The molecule has 0 fully saturated rings. The monoisotopic (exact) mass is 462 g/mol. The van der Waals surface area contributed by atoms with Crippen molar-refractivity contribution in [3.8, 4) is 0 Å². The Morgan fingerprint density at radius 3 is 2.40 bits per heavy atom. The number of carbonyl (C=O) groups excluding carboxylic acids is 1. The first-order chi connectivity index (χ1) is 17.0. The molecule has 0 saturated heterocycles. The second kappa shape index (κ2) is 9.65. The maximum absolute atomic E-state index is 13.8. The van der Waals surface area contributed by atoms with Crippen molar-refractivity contribution in [1.29, 1.82) is 0 Å². The number of pyridine rings is 1. The fourth-order valence-electron chi connectivity index (χ4n) is 3.94. The molecule has 5 nitrogen and oxygen atoms in total. The second-order valence-electron chi connectivity index (χ2n) is 8.26. The molecule has 4 aromatic carbocycles. The summed E-state index contributed by atoms with van der Waals surface area (Å²) in [6, 6.07) is 29.2. The highest BCUT2D eigenvalue weighted by atomic mass is 19.1. The summed E-state index contributed by atoms with van der Waals surface area (Å²) in [7, 11) is 0. The van der Waals surface area contributed by atoms with Crippen molar-refractivity contribution in [3.63, 3.8) is 0 Å². The molecule has 0 saturated carbocycles. The van der Waals surface area contributed by atoms with Gasteiger partial charge in [-0.15, -0.1) is 0 Å². The Hall–Kier alpha value is -4.71. The zero-order valence-corrected chi connectivity index (χ0v) is 19.0. The lowest BCUT2D eigenvalue weighted by atomic mass is 10.1. The molecular formula is C29H23FN4O. The topological polar surface area (TPSA) is 66.0 Å². The highest BCUT2D eigenvalue weighted by Gasteiger charge is 2.11. The number of aromatic nitrogens is 1. The van der Waals surface area contributed by atoms with E-state index in [0.29, 0.717) is 27.8 Å². The minimum absolute atomic E-state index is 0.223. The van der Waals surface area contributed by atoms with E-state index in [9.17, 15) is 9.18 Å². The number of aryl methyl sites for hydroxylation is 1. The Morgan fingerprint density at radius 2 is 1.54 bits per heavy atom. The van der Waals surface area contributed by atoms with Crippen LogP contribution in [0.3, 0.4) is 0 Å². The third kappa shape index (κ3) is 5.28. The number of halogens is 1. The van der Waals surface area contributed by atoms with Crippen LogP contribution in [-0.2, 0) is 0 Å². The molecule has 0 radical (unpaired) electrons. The Balaban J connectivity index is 1.36. The average Bonchev–Trinajstić information content (AvgIpc) is 2.85. The number of benzene rings is 4. The van der Waals surface area contributed by atoms with Crippen LogP contribution < -0.4 is 16.0 Å². The number of fused-ring (bicyclic) bond motifs is 1. The number of hydrogen-bond donors (Lipinski definition) is 3. The highest BCUT2D eigenvalue weighted by Crippen LogP contribution is 2.27. The molecule has 6 heteroatoms. The molecule has 0 atom stereocenters. The standard InChI is InChI=1S/C29H23FN4O/c1-19-14-20(16-25(15-19)33-28-12-13-31-27-11-10-21(30)17-26(27)28)29(35)34-24-9-5-8-23(18-24)32-22-6-3-2-4-7-22/h2-18,32H,1H3,(H,31,33)(H,34,35). The van der Waals surface area contributed by atoms with Crippen molar-refractivity contribution in [3.05, 3.63) is 120 Å². The van der Waals surface area contributed by atoms with Gasteiger partial charge >= 0.3 is 0 Å². The first kappa shape index (κ1) is 22.1. The summed E-state index contributed by atoms with van der Waals surface area (Å²) in [5.41, 5.74) is 6.08.